The minimum Gasteiger partial charge on any atom is -0.394 e. The second-order valence-electron chi connectivity index (χ2n) is 22.2. The van der Waals surface area contributed by atoms with Crippen molar-refractivity contribution in [3.05, 3.63) is 72.8 Å². The highest BCUT2D eigenvalue weighted by molar-refractivity contribution is 5.81. The third-order valence-electron chi connectivity index (χ3n) is 16.2. The van der Waals surface area contributed by atoms with Crippen molar-refractivity contribution < 1.29 is 92.8 Å². The molecule has 83 heavy (non-hydrogen) atoms. The first-order valence-corrected chi connectivity index (χ1v) is 28.1. The summed E-state index contributed by atoms with van der Waals surface area (Å²) >= 11 is 0. The summed E-state index contributed by atoms with van der Waals surface area (Å²) in [5.41, 5.74) is -1.99. The molecule has 28 heteroatoms. The van der Waals surface area contributed by atoms with Crippen molar-refractivity contribution in [2.24, 2.45) is 5.92 Å². The fourth-order valence-electron chi connectivity index (χ4n) is 11.5. The fraction of sp³-hybridized carbons (Fsp3) is 0.655. The van der Waals surface area contributed by atoms with Crippen molar-refractivity contribution in [3.63, 3.8) is 0 Å². The van der Waals surface area contributed by atoms with Crippen LogP contribution in [0.15, 0.2) is 67.0 Å². The molecule has 3 amide bonds. The van der Waals surface area contributed by atoms with E-state index in [1.807, 2.05) is 37.3 Å². The van der Waals surface area contributed by atoms with Crippen molar-refractivity contribution in [2.45, 2.75) is 162 Å². The molecule has 4 aromatic rings. The molecule has 17 atom stereocenters. The van der Waals surface area contributed by atoms with E-state index in [2.05, 4.69) is 31.3 Å². The Hall–Kier alpha value is -5.54. The lowest BCUT2D eigenvalue weighted by atomic mass is 9.80. The molecule has 9 rings (SSSR count). The largest absolute Gasteiger partial charge is 0.394 e. The van der Waals surface area contributed by atoms with E-state index < -0.39 is 160 Å². The first-order chi connectivity index (χ1) is 39.9. The van der Waals surface area contributed by atoms with Gasteiger partial charge in [0.2, 0.25) is 11.8 Å². The number of aromatic nitrogens is 6. The van der Waals surface area contributed by atoms with E-state index in [-0.39, 0.29) is 44.0 Å². The van der Waals surface area contributed by atoms with E-state index >= 15 is 0 Å². The van der Waals surface area contributed by atoms with Crippen LogP contribution in [0.3, 0.4) is 0 Å². The molecule has 2 aromatic heterocycles. The Kier molecular flexibility index (Phi) is 20.3. The topological polar surface area (TPSA) is 366 Å². The van der Waals surface area contributed by atoms with Gasteiger partial charge in [0.1, 0.15) is 83.2 Å². The molecule has 5 aliphatic rings. The molecule has 5 fully saturated rings. The SMILES string of the molecule is CCC[C@H](OC1CC(CO)(CO)O[C@@H](O[C@@H]2CC(C(=O)NCCOCC3(O)COC(CO)[C@@H](O)C3n3cc(-c4cccc(F)c4)nn3)CC(n3cc(-c4ccccc4)nn3)C2O[C@@H]2OC(C)[C@@H](O)C(O)C2O)C1NC(C)=O)C(=O)N1CCC1. The molecular weight excluding hydrogens is 1090 g/mol. The van der Waals surface area contributed by atoms with E-state index in [0.29, 0.717) is 42.8 Å². The van der Waals surface area contributed by atoms with Gasteiger partial charge in [-0.3, -0.25) is 14.4 Å². The van der Waals surface area contributed by atoms with E-state index in [1.165, 1.54) is 47.6 Å². The number of ether oxygens (including phenoxy) is 7. The molecule has 4 saturated heterocycles. The second kappa shape index (κ2) is 27.2. The molecule has 0 bridgehead atoms. The number of hydrogen-bond donors (Lipinski definition) is 10. The number of amides is 3. The van der Waals surface area contributed by atoms with Gasteiger partial charge in [0.05, 0.1) is 76.4 Å². The van der Waals surface area contributed by atoms with Gasteiger partial charge in [0, 0.05) is 50.0 Å². The Labute approximate surface area is 477 Å². The summed E-state index contributed by atoms with van der Waals surface area (Å²) in [5.74, 6) is -2.84. The predicted octanol–water partition coefficient (Wildman–Crippen LogP) is -1.49. The molecule has 456 valence electrons. The minimum absolute atomic E-state index is 0.0442. The van der Waals surface area contributed by atoms with Gasteiger partial charge in [-0.2, -0.15) is 0 Å². The standard InChI is InChI=1S/C55H76FN9O18/c1-4-10-39(51(75)63-16-9-17-63)80-41-22-54(26-67,27-68)83-52(43(41)58-31(3)69)81-40-21-34(20-38(64-23-36(59-61-64)32-11-6-5-7-12-32)48(40)82-53-47(73)46(72)44(70)30(2)79-53)50(74)57-15-18-77-28-55(76)29-78-42(25-66)45(71)49(55)65-24-37(60-62-65)33-13-8-14-35(56)19-33/h5-8,11-14,19,23-24,30,34,38-49,52-53,66-68,70-73,76H,4,9-10,15-18,20-22,25-29H2,1-3H3,(H,57,74)(H,58,69)/t30?,34?,38?,39-,40+,41?,42?,43?,44+,45+,46?,47?,48?,49?,52+,53-,55?/m0/s1. The summed E-state index contributed by atoms with van der Waals surface area (Å²) in [6, 6.07) is 11.2. The summed E-state index contributed by atoms with van der Waals surface area (Å²) in [7, 11) is 0. The molecule has 10 N–H and O–H groups in total. The van der Waals surface area contributed by atoms with Gasteiger partial charge in [0.15, 0.2) is 12.6 Å². The van der Waals surface area contributed by atoms with E-state index in [9.17, 15) is 59.6 Å². The van der Waals surface area contributed by atoms with Crippen LogP contribution in [0.25, 0.3) is 22.5 Å². The van der Waals surface area contributed by atoms with Crippen LogP contribution < -0.4 is 10.6 Å². The highest BCUT2D eigenvalue weighted by Crippen LogP contribution is 2.42. The van der Waals surface area contributed by atoms with Crippen molar-refractivity contribution in [3.8, 4) is 22.5 Å². The van der Waals surface area contributed by atoms with Crippen LogP contribution in [0.1, 0.15) is 71.4 Å². The number of halogens is 1. The van der Waals surface area contributed by atoms with E-state index in [0.717, 1.165) is 6.42 Å². The van der Waals surface area contributed by atoms with Crippen LogP contribution in [0.5, 0.6) is 0 Å². The highest BCUT2D eigenvalue weighted by atomic mass is 19.1. The van der Waals surface area contributed by atoms with Gasteiger partial charge in [-0.15, -0.1) is 10.2 Å². The average Bonchev–Trinajstić information content (AvgIpc) is 3.99. The maximum Gasteiger partial charge on any atom is 0.251 e. The zero-order valence-corrected chi connectivity index (χ0v) is 46.4. The number of rotatable bonds is 23. The minimum atomic E-state index is -1.97. The average molecular weight is 1170 g/mol. The Morgan fingerprint density at radius 2 is 1.58 bits per heavy atom. The number of aliphatic hydroxyl groups is 8. The van der Waals surface area contributed by atoms with Crippen molar-refractivity contribution in [2.75, 3.05) is 59.3 Å². The number of aliphatic hydroxyl groups excluding tert-OH is 7. The number of benzene rings is 2. The lowest BCUT2D eigenvalue weighted by molar-refractivity contribution is -0.342. The Morgan fingerprint density at radius 3 is 2.25 bits per heavy atom. The summed E-state index contributed by atoms with van der Waals surface area (Å²) < 4.78 is 61.1. The number of likely N-dealkylation sites (tertiary alicyclic amines) is 1. The first kappa shape index (κ1) is 62.0. The molecule has 1 aliphatic carbocycles. The molecule has 6 heterocycles. The van der Waals surface area contributed by atoms with Gasteiger partial charge in [-0.25, -0.2) is 13.8 Å². The quantitative estimate of drug-likeness (QED) is 0.0378. The molecular formula is C55H76FN9O18. The van der Waals surface area contributed by atoms with Gasteiger partial charge in [-0.1, -0.05) is 66.2 Å². The maximum absolute atomic E-state index is 14.7. The molecule has 4 aliphatic heterocycles. The van der Waals surface area contributed by atoms with Crippen LogP contribution in [-0.4, -0.2) is 244 Å². The molecule has 0 radical (unpaired) electrons. The van der Waals surface area contributed by atoms with Crippen LogP contribution in [0.2, 0.25) is 0 Å². The third kappa shape index (κ3) is 13.9. The number of carbonyl (C=O) groups excluding carboxylic acids is 3. The Morgan fingerprint density at radius 1 is 0.867 bits per heavy atom. The van der Waals surface area contributed by atoms with Crippen LogP contribution in [0.4, 0.5) is 4.39 Å². The Bertz CT molecular complexity index is 2780. The summed E-state index contributed by atoms with van der Waals surface area (Å²) in [6.07, 6.45) is -12.4. The smallest absolute Gasteiger partial charge is 0.251 e. The second-order valence-corrected chi connectivity index (χ2v) is 22.2. The van der Waals surface area contributed by atoms with Crippen molar-refractivity contribution in [1.82, 2.24) is 45.5 Å². The van der Waals surface area contributed by atoms with Gasteiger partial charge in [0.25, 0.3) is 5.91 Å². The normalized spacial score (nSPS) is 33.0. The maximum atomic E-state index is 14.7. The molecule has 0 spiro atoms. The predicted molar refractivity (Wildman–Crippen MR) is 284 cm³/mol. The molecule has 2 aromatic carbocycles. The molecule has 27 nitrogen and oxygen atoms in total. The number of nitrogens with zero attached hydrogens (tertiary/aromatic N) is 7. The Balaban J connectivity index is 1.00. The van der Waals surface area contributed by atoms with Gasteiger partial charge >= 0.3 is 0 Å². The summed E-state index contributed by atoms with van der Waals surface area (Å²) in [4.78, 5) is 43.4. The number of nitrogens with one attached hydrogen (secondary N) is 2. The summed E-state index contributed by atoms with van der Waals surface area (Å²) in [6.45, 7) is 2.37. The zero-order valence-electron chi connectivity index (χ0n) is 46.4. The van der Waals surface area contributed by atoms with Crippen LogP contribution in [-0.2, 0) is 47.5 Å². The first-order valence-electron chi connectivity index (χ1n) is 28.1. The van der Waals surface area contributed by atoms with Crippen LogP contribution in [0, 0.1) is 11.7 Å². The highest BCUT2D eigenvalue weighted by Gasteiger charge is 2.55. The number of carbonyl (C=O) groups is 3. The summed E-state index contributed by atoms with van der Waals surface area (Å²) in [5, 5.41) is 111. The van der Waals surface area contributed by atoms with Crippen molar-refractivity contribution in [1.29, 1.82) is 0 Å². The third-order valence-corrected chi connectivity index (χ3v) is 16.2. The van der Waals surface area contributed by atoms with Gasteiger partial charge < -0.3 is 89.5 Å². The number of hydrogen-bond acceptors (Lipinski definition) is 22. The van der Waals surface area contributed by atoms with Gasteiger partial charge in [-0.05, 0) is 44.7 Å². The molecule has 11 unspecified atom stereocenters. The zero-order chi connectivity index (χ0) is 59.2. The molecule has 1 saturated carbocycles. The van der Waals surface area contributed by atoms with E-state index in [4.69, 9.17) is 33.2 Å². The monoisotopic (exact) mass is 1170 g/mol. The van der Waals surface area contributed by atoms with Crippen molar-refractivity contribution >= 4 is 17.7 Å². The lowest BCUT2D eigenvalue weighted by Crippen LogP contribution is -2.66. The fourth-order valence-corrected chi connectivity index (χ4v) is 11.5. The lowest BCUT2D eigenvalue weighted by Gasteiger charge is -2.50. The van der Waals surface area contributed by atoms with Crippen LogP contribution >= 0.6 is 0 Å². The van der Waals surface area contributed by atoms with E-state index in [1.54, 1.807) is 17.2 Å².